The summed E-state index contributed by atoms with van der Waals surface area (Å²) >= 11 is 0. The molecule has 0 aromatic carbocycles. The molecule has 0 aliphatic carbocycles. The first-order valence-electron chi connectivity index (χ1n) is 5.61. The van der Waals surface area contributed by atoms with Gasteiger partial charge in [0.2, 0.25) is 0 Å². The zero-order valence-electron chi connectivity index (χ0n) is 10.3. The summed E-state index contributed by atoms with van der Waals surface area (Å²) in [5.41, 5.74) is 7.30. The van der Waals surface area contributed by atoms with Crippen LogP contribution in [0.4, 0.5) is 0 Å². The normalized spacial score (nSPS) is 17.9. The van der Waals surface area contributed by atoms with Gasteiger partial charge in [-0.15, -0.1) is 24.8 Å². The summed E-state index contributed by atoms with van der Waals surface area (Å²) in [6, 6.07) is 1.88. The zero-order chi connectivity index (χ0) is 11.5. The van der Waals surface area contributed by atoms with Gasteiger partial charge in [-0.05, 0) is 37.4 Å². The molecule has 1 unspecified atom stereocenters. The van der Waals surface area contributed by atoms with Crippen LogP contribution in [0.1, 0.15) is 22.3 Å². The van der Waals surface area contributed by atoms with E-state index in [4.69, 9.17) is 5.73 Å². The molecule has 0 radical (unpaired) electrons. The number of amides is 1. The molecule has 1 aliphatic rings. The van der Waals surface area contributed by atoms with E-state index in [1.54, 1.807) is 12.4 Å². The van der Waals surface area contributed by atoms with Gasteiger partial charge in [0, 0.05) is 25.5 Å². The highest BCUT2D eigenvalue weighted by Crippen LogP contribution is 2.17. The smallest absolute Gasteiger partial charge is 0.255 e. The average molecular weight is 292 g/mol. The Hall–Kier alpha value is -0.840. The molecule has 2 rings (SSSR count). The number of nitrogens with two attached hydrogens (primary N) is 1. The van der Waals surface area contributed by atoms with E-state index in [-0.39, 0.29) is 30.7 Å². The second-order valence-corrected chi connectivity index (χ2v) is 4.39. The van der Waals surface area contributed by atoms with Gasteiger partial charge in [0.25, 0.3) is 5.91 Å². The van der Waals surface area contributed by atoms with Gasteiger partial charge >= 0.3 is 0 Å². The number of likely N-dealkylation sites (tertiary alicyclic amines) is 1. The van der Waals surface area contributed by atoms with Crippen LogP contribution in [0, 0.1) is 12.8 Å². The first kappa shape index (κ1) is 17.2. The van der Waals surface area contributed by atoms with Gasteiger partial charge in [-0.3, -0.25) is 9.78 Å². The van der Waals surface area contributed by atoms with Crippen LogP contribution < -0.4 is 5.73 Å². The minimum atomic E-state index is 0. The molecule has 2 N–H and O–H groups in total. The third kappa shape index (κ3) is 3.83. The van der Waals surface area contributed by atoms with Crippen molar-refractivity contribution in [1.29, 1.82) is 0 Å². The highest BCUT2D eigenvalue weighted by Gasteiger charge is 2.25. The molecule has 102 valence electrons. The fraction of sp³-hybridized carbons (Fsp3) is 0.500. The molecule has 0 saturated carbocycles. The maximum atomic E-state index is 12.1. The molecule has 1 aliphatic heterocycles. The number of carbonyl (C=O) groups is 1. The summed E-state index contributed by atoms with van der Waals surface area (Å²) in [5.74, 6) is 0.536. The lowest BCUT2D eigenvalue weighted by molar-refractivity contribution is 0.0787. The molecule has 0 spiro atoms. The van der Waals surface area contributed by atoms with Crippen molar-refractivity contribution < 1.29 is 4.79 Å². The molecule has 1 fully saturated rings. The topological polar surface area (TPSA) is 59.2 Å². The van der Waals surface area contributed by atoms with E-state index in [1.807, 2.05) is 17.9 Å². The quantitative estimate of drug-likeness (QED) is 0.901. The Labute approximate surface area is 120 Å². The minimum absolute atomic E-state index is 0. The van der Waals surface area contributed by atoms with Gasteiger partial charge < -0.3 is 10.6 Å². The van der Waals surface area contributed by atoms with Gasteiger partial charge in [0.05, 0.1) is 5.56 Å². The van der Waals surface area contributed by atoms with E-state index < -0.39 is 0 Å². The van der Waals surface area contributed by atoms with E-state index in [0.717, 1.165) is 25.1 Å². The monoisotopic (exact) mass is 291 g/mol. The van der Waals surface area contributed by atoms with E-state index in [0.29, 0.717) is 18.0 Å². The van der Waals surface area contributed by atoms with E-state index in [9.17, 15) is 4.79 Å². The predicted molar refractivity (Wildman–Crippen MR) is 76.5 cm³/mol. The summed E-state index contributed by atoms with van der Waals surface area (Å²) in [7, 11) is 0. The molecule has 1 aromatic heterocycles. The molecule has 18 heavy (non-hydrogen) atoms. The van der Waals surface area contributed by atoms with Gasteiger partial charge in [0.1, 0.15) is 0 Å². The first-order valence-corrected chi connectivity index (χ1v) is 5.61. The number of nitrogens with zero attached hydrogens (tertiary/aromatic N) is 2. The van der Waals surface area contributed by atoms with Crippen LogP contribution in [-0.4, -0.2) is 35.4 Å². The first-order chi connectivity index (χ1) is 7.70. The Morgan fingerprint density at radius 2 is 2.22 bits per heavy atom. The highest BCUT2D eigenvalue weighted by molar-refractivity contribution is 5.94. The Morgan fingerprint density at radius 1 is 1.50 bits per heavy atom. The fourth-order valence-corrected chi connectivity index (χ4v) is 2.06. The van der Waals surface area contributed by atoms with Crippen molar-refractivity contribution in [3.05, 3.63) is 29.6 Å². The van der Waals surface area contributed by atoms with Crippen molar-refractivity contribution in [3.8, 4) is 0 Å². The third-order valence-electron chi connectivity index (χ3n) is 3.03. The minimum Gasteiger partial charge on any atom is -0.338 e. The van der Waals surface area contributed by atoms with Crippen molar-refractivity contribution in [3.63, 3.8) is 0 Å². The maximum Gasteiger partial charge on any atom is 0.255 e. The summed E-state index contributed by atoms with van der Waals surface area (Å²) in [6.07, 6.45) is 4.40. The van der Waals surface area contributed by atoms with Gasteiger partial charge in [-0.1, -0.05) is 0 Å². The van der Waals surface area contributed by atoms with Crippen LogP contribution >= 0.6 is 24.8 Å². The largest absolute Gasteiger partial charge is 0.338 e. The molecule has 1 amide bonds. The van der Waals surface area contributed by atoms with Crippen molar-refractivity contribution in [2.24, 2.45) is 11.7 Å². The Bertz CT molecular complexity index is 401. The molecule has 6 heteroatoms. The van der Waals surface area contributed by atoms with Crippen LogP contribution in [0.5, 0.6) is 0 Å². The lowest BCUT2D eigenvalue weighted by atomic mass is 10.1. The lowest BCUT2D eigenvalue weighted by Crippen LogP contribution is -2.29. The lowest BCUT2D eigenvalue weighted by Gasteiger charge is -2.16. The molecular weight excluding hydrogens is 273 g/mol. The Kier molecular flexibility index (Phi) is 7.21. The van der Waals surface area contributed by atoms with Crippen LogP contribution in [-0.2, 0) is 0 Å². The molecule has 4 nitrogen and oxygen atoms in total. The number of halogens is 2. The van der Waals surface area contributed by atoms with Gasteiger partial charge in [-0.25, -0.2) is 0 Å². The summed E-state index contributed by atoms with van der Waals surface area (Å²) in [5, 5.41) is 0. The molecule has 2 heterocycles. The number of hydrogen-bond acceptors (Lipinski definition) is 3. The number of hydrogen-bond donors (Lipinski definition) is 1. The number of aromatic nitrogens is 1. The van der Waals surface area contributed by atoms with Gasteiger partial charge in [0.15, 0.2) is 0 Å². The predicted octanol–water partition coefficient (Wildman–Crippen LogP) is 1.65. The summed E-state index contributed by atoms with van der Waals surface area (Å²) in [6.45, 7) is 4.20. The molecule has 1 atom stereocenters. The fourth-order valence-electron chi connectivity index (χ4n) is 2.06. The van der Waals surface area contributed by atoms with Crippen molar-refractivity contribution in [2.75, 3.05) is 19.6 Å². The number of rotatable bonds is 2. The molecule has 1 saturated heterocycles. The van der Waals surface area contributed by atoms with E-state index >= 15 is 0 Å². The Balaban J connectivity index is 0.00000144. The summed E-state index contributed by atoms with van der Waals surface area (Å²) in [4.78, 5) is 18.0. The van der Waals surface area contributed by atoms with Gasteiger partial charge in [-0.2, -0.15) is 0 Å². The highest BCUT2D eigenvalue weighted by atomic mass is 35.5. The number of carbonyl (C=O) groups excluding carboxylic acids is 1. The van der Waals surface area contributed by atoms with E-state index in [2.05, 4.69) is 4.98 Å². The average Bonchev–Trinajstić information content (AvgIpc) is 2.76. The van der Waals surface area contributed by atoms with Crippen LogP contribution in [0.15, 0.2) is 18.5 Å². The van der Waals surface area contributed by atoms with Crippen LogP contribution in [0.25, 0.3) is 0 Å². The van der Waals surface area contributed by atoms with Crippen LogP contribution in [0.2, 0.25) is 0 Å². The molecule has 1 aromatic rings. The standard InChI is InChI=1S/C12H17N3O.2ClH/c1-9-4-11(7-14-6-9)12(16)15-3-2-10(5-13)8-15;;/h4,6-7,10H,2-3,5,8,13H2,1H3;2*1H. The van der Waals surface area contributed by atoms with Crippen molar-refractivity contribution in [1.82, 2.24) is 9.88 Å². The van der Waals surface area contributed by atoms with Crippen molar-refractivity contribution >= 4 is 30.7 Å². The third-order valence-corrected chi connectivity index (χ3v) is 3.03. The number of aryl methyl sites for hydroxylation is 1. The molecular formula is C12H19Cl2N3O. The second-order valence-electron chi connectivity index (χ2n) is 4.39. The maximum absolute atomic E-state index is 12.1. The van der Waals surface area contributed by atoms with Crippen LogP contribution in [0.3, 0.4) is 0 Å². The second kappa shape index (κ2) is 7.56. The van der Waals surface area contributed by atoms with Crippen molar-refractivity contribution in [2.45, 2.75) is 13.3 Å². The molecule has 0 bridgehead atoms. The number of pyridine rings is 1. The Morgan fingerprint density at radius 3 is 2.78 bits per heavy atom. The zero-order valence-corrected chi connectivity index (χ0v) is 12.0. The summed E-state index contributed by atoms with van der Waals surface area (Å²) < 4.78 is 0. The van der Waals surface area contributed by atoms with E-state index in [1.165, 1.54) is 0 Å². The SMILES string of the molecule is Cc1cncc(C(=O)N2CCC(CN)C2)c1.Cl.Cl.